The van der Waals surface area contributed by atoms with Crippen molar-refractivity contribution in [3.63, 3.8) is 0 Å². The smallest absolute Gasteiger partial charge is 1.00 e. The molecule has 4 aliphatic rings. The van der Waals surface area contributed by atoms with Crippen LogP contribution >= 0.6 is 0 Å². The van der Waals surface area contributed by atoms with Crippen molar-refractivity contribution in [2.24, 2.45) is 16.7 Å². The van der Waals surface area contributed by atoms with Crippen LogP contribution in [0, 0.1) is 28.9 Å². The first-order valence-electron chi connectivity index (χ1n) is 15.7. The van der Waals surface area contributed by atoms with Crippen LogP contribution in [-0.2, 0) is 41.5 Å². The first kappa shape index (κ1) is 38.9. The summed E-state index contributed by atoms with van der Waals surface area (Å²) in [4.78, 5) is 0. The molecule has 4 aliphatic carbocycles. The van der Waals surface area contributed by atoms with Gasteiger partial charge in [0.05, 0.1) is 0 Å². The van der Waals surface area contributed by atoms with Gasteiger partial charge in [-0.05, 0) is 62.3 Å². The van der Waals surface area contributed by atoms with Gasteiger partial charge < -0.3 is 24.8 Å². The molecule has 0 radical (unpaired) electrons. The van der Waals surface area contributed by atoms with Crippen molar-refractivity contribution in [2.75, 3.05) is 0 Å². The van der Waals surface area contributed by atoms with E-state index >= 15 is 0 Å². The average molecular weight is 707 g/mol. The van der Waals surface area contributed by atoms with Crippen LogP contribution < -0.4 is 24.8 Å². The fourth-order valence-electron chi connectivity index (χ4n) is 6.70. The minimum Gasteiger partial charge on any atom is -1.00 e. The van der Waals surface area contributed by atoms with Gasteiger partial charge in [-0.1, -0.05) is 106 Å². The Hall–Kier alpha value is -1.27. The number of fused-ring (bicyclic) bond motifs is 5. The zero-order valence-corrected chi connectivity index (χ0v) is 33.6. The first-order valence-corrected chi connectivity index (χ1v) is 16.9. The number of halogens is 2. The molecule has 0 fully saturated rings. The second-order valence-electron chi connectivity index (χ2n) is 16.2. The number of allylic oxidation sites excluding steroid dienone is 8. The zero-order chi connectivity index (χ0) is 31.6. The van der Waals surface area contributed by atoms with Gasteiger partial charge in [-0.25, -0.2) is 17.2 Å². The Labute approximate surface area is 297 Å². The van der Waals surface area contributed by atoms with E-state index in [1.54, 1.807) is 24.2 Å². The van der Waals surface area contributed by atoms with E-state index in [4.69, 9.17) is 0 Å². The summed E-state index contributed by atoms with van der Waals surface area (Å²) in [6.07, 6.45) is 14.8. The molecule has 1 atom stereocenters. The summed E-state index contributed by atoms with van der Waals surface area (Å²) < 4.78 is 1.51. The molecule has 3 heteroatoms. The summed E-state index contributed by atoms with van der Waals surface area (Å²) >= 11 is 1.55. The van der Waals surface area contributed by atoms with Crippen LogP contribution in [-0.4, -0.2) is 3.21 Å². The van der Waals surface area contributed by atoms with Crippen LogP contribution in [0.25, 0.3) is 22.3 Å². The Kier molecular flexibility index (Phi) is 11.9. The van der Waals surface area contributed by atoms with Crippen LogP contribution in [0.2, 0.25) is 0 Å². The summed E-state index contributed by atoms with van der Waals surface area (Å²) in [5, 5.41) is 0. The normalized spacial score (nSPS) is 19.3. The summed E-state index contributed by atoms with van der Waals surface area (Å²) in [6, 6.07) is 10.0. The third-order valence-corrected chi connectivity index (χ3v) is 8.67. The quantitative estimate of drug-likeness (QED) is 0.283. The van der Waals surface area contributed by atoms with E-state index in [0.717, 1.165) is 6.42 Å². The molecule has 44 heavy (non-hydrogen) atoms. The van der Waals surface area contributed by atoms with Gasteiger partial charge in [-0.2, -0.15) is 11.6 Å². The minimum absolute atomic E-state index is 0. The number of hydrogen-bond donors (Lipinski definition) is 0. The third kappa shape index (κ3) is 7.99. The molecule has 0 aromatic heterocycles. The second-order valence-corrected chi connectivity index (χ2v) is 18.7. The largest absolute Gasteiger partial charge is 1.00 e. The fraction of sp³-hybridized carbons (Fsp3) is 0.488. The van der Waals surface area contributed by atoms with E-state index in [-0.39, 0.29) is 46.5 Å². The Morgan fingerprint density at radius 1 is 0.795 bits per heavy atom. The van der Waals surface area contributed by atoms with Crippen molar-refractivity contribution in [2.45, 2.75) is 114 Å². The molecule has 2 aromatic rings. The molecule has 6 rings (SSSR count). The number of benzene rings is 2. The fourth-order valence-corrected chi connectivity index (χ4v) is 6.70. The molecule has 0 bridgehead atoms. The predicted molar refractivity (Wildman–Crippen MR) is 181 cm³/mol. The van der Waals surface area contributed by atoms with Gasteiger partial charge >= 0.3 is 41.3 Å². The summed E-state index contributed by atoms with van der Waals surface area (Å²) in [5.74, 6) is 0.556. The van der Waals surface area contributed by atoms with Crippen molar-refractivity contribution >= 4 is 14.4 Å². The van der Waals surface area contributed by atoms with E-state index in [2.05, 4.69) is 146 Å². The third-order valence-electron chi connectivity index (χ3n) is 8.67. The van der Waals surface area contributed by atoms with Crippen LogP contribution in [0.5, 0.6) is 0 Å². The molecule has 0 amide bonds. The maximum atomic E-state index is 3.85. The van der Waals surface area contributed by atoms with Gasteiger partial charge in [0.15, 0.2) is 0 Å². The van der Waals surface area contributed by atoms with Gasteiger partial charge in [0.25, 0.3) is 0 Å². The van der Waals surface area contributed by atoms with E-state index < -0.39 is 0 Å². The molecule has 0 spiro atoms. The predicted octanol–water partition coefficient (Wildman–Crippen LogP) is 5.20. The molecule has 0 N–H and O–H groups in total. The zero-order valence-electron chi connectivity index (χ0n) is 29.6. The second kappa shape index (κ2) is 13.5. The molecular formula is C41H52Cl2Zr-2. The van der Waals surface area contributed by atoms with Crippen molar-refractivity contribution in [3.05, 3.63) is 93.6 Å². The van der Waals surface area contributed by atoms with E-state index in [9.17, 15) is 0 Å². The molecule has 0 heterocycles. The maximum absolute atomic E-state index is 3.85. The molecule has 2 aromatic carbocycles. The number of hydrogen-bond acceptors (Lipinski definition) is 0. The van der Waals surface area contributed by atoms with Gasteiger partial charge in [0.1, 0.15) is 0 Å². The molecule has 0 aliphatic heterocycles. The summed E-state index contributed by atoms with van der Waals surface area (Å²) in [6.45, 7) is 31.8. The molecule has 1 unspecified atom stereocenters. The van der Waals surface area contributed by atoms with Gasteiger partial charge in [-0.3, -0.25) is 12.2 Å². The first-order chi connectivity index (χ1) is 19.1. The van der Waals surface area contributed by atoms with Gasteiger partial charge in [0, 0.05) is 5.41 Å². The molecule has 0 nitrogen and oxygen atoms in total. The standard InChI is InChI=1S/C31H37.C7H9.C3H6.2ClH.Zr/c1-28(2,3)26-16-30(7,8)24-12-18-11-19-13-25-23(15-21(19)20(18)14-22(24)26)27(29(4,5)6)17-31(25,9)10;1-6-3-4-7(2)5-6;1-3-2;;;/h12-16H,11H2,1-10H3;3,5,7H,1-2H3;1-2H3;2*1H;/q2*-1;;;;+2/p-2. The van der Waals surface area contributed by atoms with Crippen molar-refractivity contribution in [1.29, 1.82) is 0 Å². The number of rotatable bonds is 0. The monoisotopic (exact) mass is 704 g/mol. The minimum atomic E-state index is -0.0202. The Morgan fingerprint density at radius 3 is 1.70 bits per heavy atom. The average Bonchev–Trinajstić information content (AvgIpc) is 3.53. The maximum Gasteiger partial charge on any atom is -1.00 e. The summed E-state index contributed by atoms with van der Waals surface area (Å²) in [7, 11) is 0. The van der Waals surface area contributed by atoms with Crippen LogP contribution in [0.3, 0.4) is 0 Å². The van der Waals surface area contributed by atoms with Gasteiger partial charge in [-0.15, -0.1) is 18.6 Å². The van der Waals surface area contributed by atoms with Crippen molar-refractivity contribution < 1.29 is 49.0 Å². The van der Waals surface area contributed by atoms with Crippen molar-refractivity contribution in [1.82, 2.24) is 0 Å². The summed E-state index contributed by atoms with van der Waals surface area (Å²) in [5.41, 5.74) is 16.2. The Morgan fingerprint density at radius 2 is 1.30 bits per heavy atom. The van der Waals surface area contributed by atoms with Crippen LogP contribution in [0.1, 0.15) is 130 Å². The van der Waals surface area contributed by atoms with Gasteiger partial charge in [0.2, 0.25) is 0 Å². The van der Waals surface area contributed by atoms with E-state index in [1.807, 2.05) is 6.08 Å². The van der Waals surface area contributed by atoms with Crippen molar-refractivity contribution in [3.8, 4) is 11.1 Å². The Bertz CT molecular complexity index is 1460. The Balaban J connectivity index is 0.000000443. The van der Waals surface area contributed by atoms with E-state index in [1.165, 1.54) is 64.4 Å². The topological polar surface area (TPSA) is 0 Å². The van der Waals surface area contributed by atoms with Crippen LogP contribution in [0.4, 0.5) is 0 Å². The molecule has 0 saturated heterocycles. The van der Waals surface area contributed by atoms with E-state index in [0.29, 0.717) is 5.92 Å². The molecular weight excluding hydrogens is 655 g/mol. The SMILES string of the molecule is CC(C)(C)C1=[C-]C(C)(C)c2cc3c(cc21)-c1cc2c(cc1C3)C(C)(C)C=C2C(C)(C)C.CC1=CC(C)[C-]=C1.C[C](C)=[Zr+2].[Cl-].[Cl-]. The molecule has 0 saturated carbocycles. The van der Waals surface area contributed by atoms with Crippen LogP contribution in [0.15, 0.2) is 48.1 Å². The molecule has 236 valence electrons.